The van der Waals surface area contributed by atoms with Crippen molar-refractivity contribution in [1.82, 2.24) is 9.78 Å². The molecule has 0 saturated carbocycles. The van der Waals surface area contributed by atoms with Crippen molar-refractivity contribution >= 4 is 34.1 Å². The van der Waals surface area contributed by atoms with Gasteiger partial charge in [-0.3, -0.25) is 9.59 Å². The molecule has 0 aliphatic rings. The van der Waals surface area contributed by atoms with E-state index in [0.29, 0.717) is 17.2 Å². The Morgan fingerprint density at radius 3 is 2.47 bits per heavy atom. The standard InChI is InChI=1S/C22H24N4O5S/c1-12(2)14-5-7-15(8-6-14)31-11-26-10-9-16(25-26)20(28)24-21-17(22(29)30-4)13(3)18(32-21)19(23)27/h5-10,12H,11H2,1-4H3,(H2,23,27)(H,24,28). The number of thiophene rings is 1. The van der Waals surface area contributed by atoms with Gasteiger partial charge in [0.2, 0.25) is 0 Å². The molecule has 9 nitrogen and oxygen atoms in total. The second kappa shape index (κ2) is 9.65. The van der Waals surface area contributed by atoms with Crippen LogP contribution in [0.25, 0.3) is 0 Å². The van der Waals surface area contributed by atoms with E-state index in [0.717, 1.165) is 11.3 Å². The summed E-state index contributed by atoms with van der Waals surface area (Å²) < 4.78 is 11.9. The van der Waals surface area contributed by atoms with Crippen LogP contribution in [0.15, 0.2) is 36.5 Å². The molecule has 0 unspecified atom stereocenters. The smallest absolute Gasteiger partial charge is 0.341 e. The minimum absolute atomic E-state index is 0.0901. The number of carbonyl (C=O) groups is 3. The van der Waals surface area contributed by atoms with Crippen LogP contribution in [0.3, 0.4) is 0 Å². The van der Waals surface area contributed by atoms with Crippen LogP contribution in [-0.4, -0.2) is 34.7 Å². The second-order valence-electron chi connectivity index (χ2n) is 7.31. The van der Waals surface area contributed by atoms with Gasteiger partial charge < -0.3 is 20.5 Å². The van der Waals surface area contributed by atoms with Crippen molar-refractivity contribution < 1.29 is 23.9 Å². The van der Waals surface area contributed by atoms with Crippen molar-refractivity contribution in [2.45, 2.75) is 33.4 Å². The van der Waals surface area contributed by atoms with E-state index in [2.05, 4.69) is 24.3 Å². The molecule has 2 amide bonds. The van der Waals surface area contributed by atoms with Crippen LogP contribution in [-0.2, 0) is 11.5 Å². The number of nitrogens with one attached hydrogen (secondary N) is 1. The van der Waals surface area contributed by atoms with E-state index in [1.807, 2.05) is 24.3 Å². The van der Waals surface area contributed by atoms with Crippen LogP contribution in [0.4, 0.5) is 5.00 Å². The number of hydrogen-bond acceptors (Lipinski definition) is 7. The zero-order chi connectivity index (χ0) is 23.4. The molecule has 0 radical (unpaired) electrons. The van der Waals surface area contributed by atoms with Crippen LogP contribution >= 0.6 is 11.3 Å². The average Bonchev–Trinajstić information content (AvgIpc) is 3.36. The first-order valence-corrected chi connectivity index (χ1v) is 10.6. The lowest BCUT2D eigenvalue weighted by atomic mass is 10.0. The van der Waals surface area contributed by atoms with Gasteiger partial charge in [-0.05, 0) is 42.2 Å². The first-order valence-electron chi connectivity index (χ1n) is 9.80. The van der Waals surface area contributed by atoms with Gasteiger partial charge in [0.05, 0.1) is 17.6 Å². The summed E-state index contributed by atoms with van der Waals surface area (Å²) in [5.74, 6) is -0.800. The predicted molar refractivity (Wildman–Crippen MR) is 120 cm³/mol. The van der Waals surface area contributed by atoms with E-state index in [1.54, 1.807) is 13.1 Å². The number of aromatic nitrogens is 2. The van der Waals surface area contributed by atoms with Gasteiger partial charge in [-0.1, -0.05) is 26.0 Å². The summed E-state index contributed by atoms with van der Waals surface area (Å²) in [6.45, 7) is 5.92. The molecule has 0 saturated heterocycles. The Balaban J connectivity index is 1.70. The van der Waals surface area contributed by atoms with E-state index in [1.165, 1.54) is 23.4 Å². The molecule has 2 aromatic heterocycles. The summed E-state index contributed by atoms with van der Waals surface area (Å²) in [5, 5.41) is 6.99. The SMILES string of the molecule is COC(=O)c1c(NC(=O)c2ccn(COc3ccc(C(C)C)cc3)n2)sc(C(N)=O)c1C. The fraction of sp³-hybridized carbons (Fsp3) is 0.273. The van der Waals surface area contributed by atoms with Crippen molar-refractivity contribution in [3.05, 3.63) is 63.8 Å². The lowest BCUT2D eigenvalue weighted by Crippen LogP contribution is -2.16. The molecule has 0 bridgehead atoms. The number of primary amides is 1. The molecular formula is C22H24N4O5S. The fourth-order valence-electron chi connectivity index (χ4n) is 3.00. The number of esters is 1. The highest BCUT2D eigenvalue weighted by molar-refractivity contribution is 7.18. The topological polar surface area (TPSA) is 126 Å². The van der Waals surface area contributed by atoms with Gasteiger partial charge >= 0.3 is 5.97 Å². The summed E-state index contributed by atoms with van der Waals surface area (Å²) >= 11 is 0.912. The van der Waals surface area contributed by atoms with E-state index < -0.39 is 17.8 Å². The maximum atomic E-state index is 12.7. The largest absolute Gasteiger partial charge is 0.471 e. The molecule has 2 heterocycles. The molecule has 10 heteroatoms. The van der Waals surface area contributed by atoms with Gasteiger partial charge in [-0.25, -0.2) is 9.48 Å². The minimum atomic E-state index is -0.694. The summed E-state index contributed by atoms with van der Waals surface area (Å²) in [5.41, 5.74) is 7.14. The third-order valence-corrected chi connectivity index (χ3v) is 5.99. The Labute approximate surface area is 189 Å². The van der Waals surface area contributed by atoms with Gasteiger partial charge in [0.15, 0.2) is 12.4 Å². The third kappa shape index (κ3) is 4.97. The van der Waals surface area contributed by atoms with Crippen LogP contribution < -0.4 is 15.8 Å². The maximum Gasteiger partial charge on any atom is 0.341 e. The zero-order valence-electron chi connectivity index (χ0n) is 18.2. The summed E-state index contributed by atoms with van der Waals surface area (Å²) in [4.78, 5) is 36.6. The number of nitrogens with zero attached hydrogens (tertiary/aromatic N) is 2. The Kier molecular flexibility index (Phi) is 6.94. The molecule has 3 rings (SSSR count). The van der Waals surface area contributed by atoms with Crippen LogP contribution in [0.5, 0.6) is 5.75 Å². The van der Waals surface area contributed by atoms with Gasteiger partial charge in [0.25, 0.3) is 11.8 Å². The molecule has 0 fully saturated rings. The normalized spacial score (nSPS) is 10.8. The lowest BCUT2D eigenvalue weighted by Gasteiger charge is -2.09. The minimum Gasteiger partial charge on any atom is -0.471 e. The van der Waals surface area contributed by atoms with Crippen molar-refractivity contribution in [1.29, 1.82) is 0 Å². The number of hydrogen-bond donors (Lipinski definition) is 2. The monoisotopic (exact) mass is 456 g/mol. The molecule has 1 aromatic carbocycles. The molecule has 168 valence electrons. The van der Waals surface area contributed by atoms with Gasteiger partial charge in [0, 0.05) is 6.20 Å². The molecule has 0 aliphatic heterocycles. The van der Waals surface area contributed by atoms with Crippen LogP contribution in [0.1, 0.15) is 61.4 Å². The highest BCUT2D eigenvalue weighted by Crippen LogP contribution is 2.33. The first kappa shape index (κ1) is 23.0. The highest BCUT2D eigenvalue weighted by atomic mass is 32.1. The first-order chi connectivity index (χ1) is 15.2. The van der Waals surface area contributed by atoms with Gasteiger partial charge in [-0.15, -0.1) is 11.3 Å². The third-order valence-electron chi connectivity index (χ3n) is 4.77. The van der Waals surface area contributed by atoms with Crippen molar-refractivity contribution in [2.75, 3.05) is 12.4 Å². The summed E-state index contributed by atoms with van der Waals surface area (Å²) in [6, 6.07) is 9.30. The molecule has 0 spiro atoms. The highest BCUT2D eigenvalue weighted by Gasteiger charge is 2.26. The number of carbonyl (C=O) groups excluding carboxylic acids is 3. The number of amides is 2. The Morgan fingerprint density at radius 2 is 1.88 bits per heavy atom. The number of anilines is 1. The molecule has 3 aromatic rings. The molecule has 0 atom stereocenters. The van der Waals surface area contributed by atoms with Gasteiger partial charge in [0.1, 0.15) is 10.8 Å². The van der Waals surface area contributed by atoms with Crippen molar-refractivity contribution in [2.24, 2.45) is 5.73 Å². The second-order valence-corrected chi connectivity index (χ2v) is 8.33. The fourth-order valence-corrected chi connectivity index (χ4v) is 4.04. The number of ether oxygens (including phenoxy) is 2. The number of rotatable bonds is 8. The van der Waals surface area contributed by atoms with Crippen LogP contribution in [0, 0.1) is 6.92 Å². The average molecular weight is 457 g/mol. The molecule has 32 heavy (non-hydrogen) atoms. The summed E-state index contributed by atoms with van der Waals surface area (Å²) in [7, 11) is 1.22. The molecule has 3 N–H and O–H groups in total. The van der Waals surface area contributed by atoms with E-state index >= 15 is 0 Å². The lowest BCUT2D eigenvalue weighted by molar-refractivity contribution is 0.0601. The quantitative estimate of drug-likeness (QED) is 0.499. The van der Waals surface area contributed by atoms with Gasteiger partial charge in [-0.2, -0.15) is 5.10 Å². The Morgan fingerprint density at radius 1 is 1.19 bits per heavy atom. The number of nitrogens with two attached hydrogens (primary N) is 1. The van der Waals surface area contributed by atoms with E-state index in [4.69, 9.17) is 15.2 Å². The number of benzene rings is 1. The maximum absolute atomic E-state index is 12.7. The Bertz CT molecular complexity index is 1150. The van der Waals surface area contributed by atoms with Crippen molar-refractivity contribution in [3.63, 3.8) is 0 Å². The number of methoxy groups -OCH3 is 1. The molecular weight excluding hydrogens is 432 g/mol. The Hall–Kier alpha value is -3.66. The zero-order valence-corrected chi connectivity index (χ0v) is 19.0. The van der Waals surface area contributed by atoms with Crippen LogP contribution in [0.2, 0.25) is 0 Å². The van der Waals surface area contributed by atoms with E-state index in [-0.39, 0.29) is 27.9 Å². The molecule has 0 aliphatic carbocycles. The van der Waals surface area contributed by atoms with E-state index in [9.17, 15) is 14.4 Å². The predicted octanol–water partition coefficient (Wildman–Crippen LogP) is 3.55. The van der Waals surface area contributed by atoms with Crippen molar-refractivity contribution in [3.8, 4) is 5.75 Å². The summed E-state index contributed by atoms with van der Waals surface area (Å²) in [6.07, 6.45) is 1.60.